The molecule has 1 atom stereocenters. The fraction of sp³-hybridized carbons (Fsp3) is 0.0952. The number of benzene rings is 3. The van der Waals surface area contributed by atoms with Gasteiger partial charge in [0.25, 0.3) is 0 Å². The number of carbonyl (C=O) groups excluding carboxylic acids is 1. The van der Waals surface area contributed by atoms with Crippen LogP contribution < -0.4 is 4.74 Å². The Labute approximate surface area is 155 Å². The van der Waals surface area contributed by atoms with Crippen LogP contribution in [0, 0.1) is 11.6 Å². The number of halogens is 3. The number of ketones is 1. The van der Waals surface area contributed by atoms with E-state index in [9.17, 15) is 13.6 Å². The number of carbonyl (C=O) groups is 1. The van der Waals surface area contributed by atoms with Crippen molar-refractivity contribution in [1.29, 1.82) is 0 Å². The molecule has 2 nitrogen and oxygen atoms in total. The SMILES string of the molecule is C[C@H](Oc1ccc(-c2ccccc2)cc1Cl)C(=O)c1ccc(F)c(F)c1. The zero-order chi connectivity index (χ0) is 18.7. The molecule has 0 aliphatic heterocycles. The third-order valence-corrected chi connectivity index (χ3v) is 4.21. The fourth-order valence-corrected chi connectivity index (χ4v) is 2.76. The van der Waals surface area contributed by atoms with E-state index in [0.29, 0.717) is 10.8 Å². The monoisotopic (exact) mass is 372 g/mol. The molecule has 0 saturated carbocycles. The highest BCUT2D eigenvalue weighted by atomic mass is 35.5. The first-order valence-electron chi connectivity index (χ1n) is 7.96. The molecule has 0 N–H and O–H groups in total. The van der Waals surface area contributed by atoms with Gasteiger partial charge in [-0.25, -0.2) is 8.78 Å². The molecule has 0 amide bonds. The van der Waals surface area contributed by atoms with Crippen LogP contribution in [0.25, 0.3) is 11.1 Å². The highest BCUT2D eigenvalue weighted by Crippen LogP contribution is 2.31. The molecule has 0 aliphatic rings. The van der Waals surface area contributed by atoms with E-state index >= 15 is 0 Å². The smallest absolute Gasteiger partial charge is 0.203 e. The van der Waals surface area contributed by atoms with Gasteiger partial charge in [-0.2, -0.15) is 0 Å². The summed E-state index contributed by atoms with van der Waals surface area (Å²) in [4.78, 5) is 12.4. The van der Waals surface area contributed by atoms with Gasteiger partial charge in [0.2, 0.25) is 5.78 Å². The number of hydrogen-bond donors (Lipinski definition) is 0. The van der Waals surface area contributed by atoms with Gasteiger partial charge in [0, 0.05) is 5.56 Å². The van der Waals surface area contributed by atoms with Gasteiger partial charge in [0.05, 0.1) is 5.02 Å². The summed E-state index contributed by atoms with van der Waals surface area (Å²) >= 11 is 6.27. The second kappa shape index (κ2) is 7.67. The first kappa shape index (κ1) is 18.1. The van der Waals surface area contributed by atoms with E-state index in [4.69, 9.17) is 16.3 Å². The maximum absolute atomic E-state index is 13.3. The number of hydrogen-bond acceptors (Lipinski definition) is 2. The summed E-state index contributed by atoms with van der Waals surface area (Å²) in [7, 11) is 0. The standard InChI is InChI=1S/C21H15ClF2O2/c1-13(21(25)16-7-9-18(23)19(24)12-16)26-20-10-8-15(11-17(20)22)14-5-3-2-4-6-14/h2-13H,1H3/t13-/m0/s1. The van der Waals surface area contributed by atoms with Gasteiger partial charge in [0.15, 0.2) is 17.7 Å². The van der Waals surface area contributed by atoms with Crippen LogP contribution in [-0.2, 0) is 0 Å². The lowest BCUT2D eigenvalue weighted by atomic mass is 10.1. The van der Waals surface area contributed by atoms with E-state index in [1.165, 1.54) is 13.0 Å². The van der Waals surface area contributed by atoms with Gasteiger partial charge >= 0.3 is 0 Å². The predicted octanol–water partition coefficient (Wildman–Crippen LogP) is 5.94. The van der Waals surface area contributed by atoms with E-state index in [2.05, 4.69) is 0 Å². The molecule has 0 unspecified atom stereocenters. The van der Waals surface area contributed by atoms with Crippen LogP contribution in [0.4, 0.5) is 8.78 Å². The molecule has 3 aromatic rings. The van der Waals surface area contributed by atoms with Crippen molar-refractivity contribution in [2.75, 3.05) is 0 Å². The lowest BCUT2D eigenvalue weighted by Crippen LogP contribution is -2.24. The van der Waals surface area contributed by atoms with Crippen LogP contribution in [0.5, 0.6) is 5.75 Å². The molecule has 5 heteroatoms. The quantitative estimate of drug-likeness (QED) is 0.518. The van der Waals surface area contributed by atoms with Gasteiger partial charge < -0.3 is 4.74 Å². The zero-order valence-electron chi connectivity index (χ0n) is 13.9. The first-order chi connectivity index (χ1) is 12.5. The lowest BCUT2D eigenvalue weighted by molar-refractivity contribution is 0.0818. The summed E-state index contributed by atoms with van der Waals surface area (Å²) in [6, 6.07) is 18.0. The van der Waals surface area contributed by atoms with Crippen molar-refractivity contribution < 1.29 is 18.3 Å². The van der Waals surface area contributed by atoms with Crippen LogP contribution in [0.3, 0.4) is 0 Å². The van der Waals surface area contributed by atoms with E-state index in [1.54, 1.807) is 12.1 Å². The van der Waals surface area contributed by atoms with Crippen molar-refractivity contribution in [2.45, 2.75) is 13.0 Å². The minimum atomic E-state index is -1.08. The Balaban J connectivity index is 1.77. The van der Waals surface area contributed by atoms with E-state index in [0.717, 1.165) is 23.3 Å². The van der Waals surface area contributed by atoms with Crippen molar-refractivity contribution >= 4 is 17.4 Å². The minimum Gasteiger partial charge on any atom is -0.481 e. The molecule has 0 fully saturated rings. The van der Waals surface area contributed by atoms with E-state index in [-0.39, 0.29) is 5.56 Å². The van der Waals surface area contributed by atoms with Crippen LogP contribution in [0.1, 0.15) is 17.3 Å². The topological polar surface area (TPSA) is 26.3 Å². The molecule has 3 rings (SSSR count). The molecular weight excluding hydrogens is 358 g/mol. The molecule has 0 radical (unpaired) electrons. The Morgan fingerprint density at radius 1 is 0.923 bits per heavy atom. The van der Waals surface area contributed by atoms with Gasteiger partial charge in [-0.15, -0.1) is 0 Å². The number of rotatable bonds is 5. The minimum absolute atomic E-state index is 0.0356. The van der Waals surface area contributed by atoms with Crippen LogP contribution >= 0.6 is 11.6 Å². The van der Waals surface area contributed by atoms with Crippen LogP contribution in [0.15, 0.2) is 66.7 Å². The molecule has 0 aromatic heterocycles. The van der Waals surface area contributed by atoms with E-state index in [1.807, 2.05) is 36.4 Å². The molecular formula is C21H15ClF2O2. The summed E-state index contributed by atoms with van der Waals surface area (Å²) in [5.74, 6) is -2.20. The third-order valence-electron chi connectivity index (χ3n) is 3.92. The predicted molar refractivity (Wildman–Crippen MR) is 97.7 cm³/mol. The number of ether oxygens (including phenoxy) is 1. The first-order valence-corrected chi connectivity index (χ1v) is 8.34. The molecule has 0 aliphatic carbocycles. The highest BCUT2D eigenvalue weighted by molar-refractivity contribution is 6.32. The maximum Gasteiger partial charge on any atom is 0.203 e. The van der Waals surface area contributed by atoms with Crippen molar-refractivity contribution in [2.24, 2.45) is 0 Å². The maximum atomic E-state index is 13.3. The molecule has 0 spiro atoms. The third kappa shape index (κ3) is 3.92. The summed E-state index contributed by atoms with van der Waals surface area (Å²) in [5.41, 5.74) is 1.96. The Bertz CT molecular complexity index is 942. The molecule has 0 heterocycles. The normalized spacial score (nSPS) is 11.8. The van der Waals surface area contributed by atoms with E-state index < -0.39 is 23.5 Å². The molecule has 132 valence electrons. The Morgan fingerprint density at radius 3 is 2.31 bits per heavy atom. The van der Waals surface area contributed by atoms with Crippen molar-refractivity contribution in [3.8, 4) is 16.9 Å². The molecule has 26 heavy (non-hydrogen) atoms. The summed E-state index contributed by atoms with van der Waals surface area (Å²) < 4.78 is 31.9. The summed E-state index contributed by atoms with van der Waals surface area (Å²) in [5, 5.41) is 0.358. The largest absolute Gasteiger partial charge is 0.481 e. The average Bonchev–Trinajstić information content (AvgIpc) is 2.65. The van der Waals surface area contributed by atoms with Gasteiger partial charge in [-0.05, 0) is 48.4 Å². The summed E-state index contributed by atoms with van der Waals surface area (Å²) in [6.07, 6.45) is -0.903. The van der Waals surface area contributed by atoms with Crippen molar-refractivity contribution in [1.82, 2.24) is 0 Å². The van der Waals surface area contributed by atoms with Gasteiger partial charge in [-0.3, -0.25) is 4.79 Å². The second-order valence-electron chi connectivity index (χ2n) is 5.76. The number of Topliss-reactive ketones (excluding diaryl/α,β-unsaturated/α-hetero) is 1. The van der Waals surface area contributed by atoms with Crippen molar-refractivity contribution in [3.63, 3.8) is 0 Å². The summed E-state index contributed by atoms with van der Waals surface area (Å²) in [6.45, 7) is 1.53. The Hall–Kier alpha value is -2.72. The lowest BCUT2D eigenvalue weighted by Gasteiger charge is -2.15. The van der Waals surface area contributed by atoms with Gasteiger partial charge in [-0.1, -0.05) is 48.0 Å². The highest BCUT2D eigenvalue weighted by Gasteiger charge is 2.19. The van der Waals surface area contributed by atoms with Crippen molar-refractivity contribution in [3.05, 3.63) is 89.0 Å². The fourth-order valence-electron chi connectivity index (χ4n) is 2.53. The van der Waals surface area contributed by atoms with Gasteiger partial charge in [0.1, 0.15) is 5.75 Å². The Kier molecular flexibility index (Phi) is 5.33. The molecule has 0 saturated heterocycles. The van der Waals surface area contributed by atoms with Crippen LogP contribution in [0.2, 0.25) is 5.02 Å². The average molecular weight is 373 g/mol. The zero-order valence-corrected chi connectivity index (χ0v) is 14.6. The molecule has 0 bridgehead atoms. The van der Waals surface area contributed by atoms with Crippen LogP contribution in [-0.4, -0.2) is 11.9 Å². The Morgan fingerprint density at radius 2 is 1.65 bits per heavy atom. The second-order valence-corrected chi connectivity index (χ2v) is 6.17. The molecule has 3 aromatic carbocycles.